The van der Waals surface area contributed by atoms with Gasteiger partial charge >= 0.3 is 6.18 Å². The number of aryl methyl sites for hydroxylation is 1. The quantitative estimate of drug-likeness (QED) is 0.779. The molecule has 0 fully saturated rings. The van der Waals surface area contributed by atoms with Crippen molar-refractivity contribution in [2.24, 2.45) is 5.10 Å². The van der Waals surface area contributed by atoms with Crippen molar-refractivity contribution in [1.29, 1.82) is 0 Å². The zero-order valence-corrected chi connectivity index (χ0v) is 16.5. The highest BCUT2D eigenvalue weighted by Crippen LogP contribution is 2.42. The number of aliphatic hydroxyl groups is 1. The van der Waals surface area contributed by atoms with Crippen LogP contribution in [0.2, 0.25) is 0 Å². The first-order valence-electron chi connectivity index (χ1n) is 9.44. The average molecular weight is 436 g/mol. The number of amides is 1. The Kier molecular flexibility index (Phi) is 5.26. The van der Waals surface area contributed by atoms with Gasteiger partial charge in [0.2, 0.25) is 12.7 Å². The van der Waals surface area contributed by atoms with Crippen LogP contribution in [0, 0.1) is 0 Å². The summed E-state index contributed by atoms with van der Waals surface area (Å²) in [5.74, 6) is 0.545. The summed E-state index contributed by atoms with van der Waals surface area (Å²) < 4.78 is 56.8. The normalized spacial score (nSPS) is 20.0. The number of ether oxygens (including phenoxy) is 3. The molecule has 0 saturated carbocycles. The lowest BCUT2D eigenvalue weighted by Crippen LogP contribution is -2.56. The number of rotatable bonds is 5. The van der Waals surface area contributed by atoms with Gasteiger partial charge in [-0.25, -0.2) is 0 Å². The summed E-state index contributed by atoms with van der Waals surface area (Å²) in [5, 5.41) is 14.4. The zero-order chi connectivity index (χ0) is 22.2. The molecular formula is C21H19F3N2O5. The Morgan fingerprint density at radius 3 is 2.74 bits per heavy atom. The number of alkyl halides is 3. The highest BCUT2D eigenvalue weighted by molar-refractivity contribution is 6.03. The molecule has 0 unspecified atom stereocenters. The van der Waals surface area contributed by atoms with E-state index in [9.17, 15) is 23.1 Å². The number of hydrogen-bond acceptors (Lipinski definition) is 6. The van der Waals surface area contributed by atoms with Gasteiger partial charge in [-0.05, 0) is 36.2 Å². The number of carbonyl (C=O) groups excluding carboxylic acids is 1. The van der Waals surface area contributed by atoms with Crippen LogP contribution < -0.4 is 14.2 Å². The largest absolute Gasteiger partial charge is 0.497 e. The second-order valence-corrected chi connectivity index (χ2v) is 7.16. The lowest BCUT2D eigenvalue weighted by atomic mass is 10.0. The molecule has 0 radical (unpaired) electrons. The fourth-order valence-corrected chi connectivity index (χ4v) is 3.45. The van der Waals surface area contributed by atoms with Crippen molar-refractivity contribution in [2.45, 2.75) is 31.2 Å². The third-order valence-corrected chi connectivity index (χ3v) is 5.14. The first-order chi connectivity index (χ1) is 14.7. The SMILES string of the molecule is COc1cccc(C2=NN(C(=O)CCc3ccc4c(c3)OCO4)[C@@](O)(C(F)(F)F)C2)c1. The summed E-state index contributed by atoms with van der Waals surface area (Å²) in [4.78, 5) is 12.7. The van der Waals surface area contributed by atoms with E-state index in [1.807, 2.05) is 0 Å². The maximum absolute atomic E-state index is 13.7. The number of carbonyl (C=O) groups is 1. The first-order valence-corrected chi connectivity index (χ1v) is 9.44. The summed E-state index contributed by atoms with van der Waals surface area (Å²) in [5.41, 5.74) is -2.47. The molecule has 164 valence electrons. The molecule has 4 rings (SSSR count). The molecular weight excluding hydrogens is 417 g/mol. The molecule has 7 nitrogen and oxygen atoms in total. The van der Waals surface area contributed by atoms with Gasteiger partial charge in [-0.15, -0.1) is 0 Å². The van der Waals surface area contributed by atoms with Gasteiger partial charge in [-0.1, -0.05) is 18.2 Å². The van der Waals surface area contributed by atoms with Gasteiger partial charge in [0.1, 0.15) is 5.75 Å². The Hall–Kier alpha value is -3.27. The Balaban J connectivity index is 1.56. The van der Waals surface area contributed by atoms with Crippen molar-refractivity contribution >= 4 is 11.6 Å². The van der Waals surface area contributed by atoms with Crippen LogP contribution in [0.5, 0.6) is 17.2 Å². The summed E-state index contributed by atoms with van der Waals surface area (Å²) in [6.07, 6.45) is -6.11. The van der Waals surface area contributed by atoms with Crippen LogP contribution in [0.1, 0.15) is 24.0 Å². The lowest BCUT2D eigenvalue weighted by molar-refractivity contribution is -0.302. The molecule has 0 aromatic heterocycles. The van der Waals surface area contributed by atoms with E-state index in [1.165, 1.54) is 13.2 Å². The highest BCUT2D eigenvalue weighted by atomic mass is 19.4. The predicted octanol–water partition coefficient (Wildman–Crippen LogP) is 3.24. The molecule has 2 aliphatic heterocycles. The van der Waals surface area contributed by atoms with Gasteiger partial charge in [0.15, 0.2) is 11.5 Å². The highest BCUT2D eigenvalue weighted by Gasteiger charge is 2.63. The molecule has 1 amide bonds. The monoisotopic (exact) mass is 436 g/mol. The molecule has 0 aliphatic carbocycles. The fourth-order valence-electron chi connectivity index (χ4n) is 3.45. The number of hydrogen-bond donors (Lipinski definition) is 1. The molecule has 2 aromatic carbocycles. The van der Waals surface area contributed by atoms with Gasteiger partial charge < -0.3 is 19.3 Å². The van der Waals surface area contributed by atoms with Gasteiger partial charge in [-0.2, -0.15) is 23.3 Å². The topological polar surface area (TPSA) is 80.6 Å². The third-order valence-electron chi connectivity index (χ3n) is 5.14. The maximum atomic E-state index is 13.7. The molecule has 1 atom stereocenters. The van der Waals surface area contributed by atoms with E-state index in [-0.39, 0.29) is 30.4 Å². The van der Waals surface area contributed by atoms with Gasteiger partial charge in [0.25, 0.3) is 5.72 Å². The number of halogens is 3. The molecule has 0 bridgehead atoms. The van der Waals surface area contributed by atoms with Crippen LogP contribution >= 0.6 is 0 Å². The molecule has 0 spiro atoms. The zero-order valence-electron chi connectivity index (χ0n) is 16.5. The Labute approximate surface area is 175 Å². The van der Waals surface area contributed by atoms with Crippen molar-refractivity contribution in [1.82, 2.24) is 5.01 Å². The smallest absolute Gasteiger partial charge is 0.438 e. The van der Waals surface area contributed by atoms with Crippen LogP contribution in [0.3, 0.4) is 0 Å². The van der Waals surface area contributed by atoms with Crippen molar-refractivity contribution < 1.29 is 37.3 Å². The average Bonchev–Trinajstić information content (AvgIpc) is 3.36. The van der Waals surface area contributed by atoms with E-state index in [0.29, 0.717) is 28.4 Å². The van der Waals surface area contributed by atoms with Crippen LogP contribution in [0.15, 0.2) is 47.6 Å². The first kappa shape index (κ1) is 21.0. The lowest BCUT2D eigenvalue weighted by Gasteiger charge is -2.32. The van der Waals surface area contributed by atoms with E-state index in [2.05, 4.69) is 5.10 Å². The second kappa shape index (κ2) is 7.77. The van der Waals surface area contributed by atoms with Crippen molar-refractivity contribution in [3.8, 4) is 17.2 Å². The van der Waals surface area contributed by atoms with Crippen LogP contribution in [0.25, 0.3) is 0 Å². The summed E-state index contributed by atoms with van der Waals surface area (Å²) >= 11 is 0. The van der Waals surface area contributed by atoms with Gasteiger partial charge in [0.05, 0.1) is 19.2 Å². The Morgan fingerprint density at radius 1 is 1.23 bits per heavy atom. The third kappa shape index (κ3) is 3.90. The molecule has 10 heteroatoms. The summed E-state index contributed by atoms with van der Waals surface area (Å²) in [6, 6.07) is 11.3. The maximum Gasteiger partial charge on any atom is 0.438 e. The number of hydrazone groups is 1. The van der Waals surface area contributed by atoms with Crippen molar-refractivity contribution in [3.63, 3.8) is 0 Å². The molecule has 2 heterocycles. The van der Waals surface area contributed by atoms with E-state index < -0.39 is 24.2 Å². The molecule has 0 saturated heterocycles. The van der Waals surface area contributed by atoms with E-state index in [4.69, 9.17) is 14.2 Å². The van der Waals surface area contributed by atoms with E-state index in [0.717, 1.165) is 0 Å². The minimum Gasteiger partial charge on any atom is -0.497 e. The molecule has 2 aromatic rings. The predicted molar refractivity (Wildman–Crippen MR) is 103 cm³/mol. The van der Waals surface area contributed by atoms with Crippen molar-refractivity contribution in [3.05, 3.63) is 53.6 Å². The van der Waals surface area contributed by atoms with E-state index in [1.54, 1.807) is 36.4 Å². The van der Waals surface area contributed by atoms with Gasteiger partial charge in [0, 0.05) is 12.0 Å². The molecule has 31 heavy (non-hydrogen) atoms. The minimum absolute atomic E-state index is 0.0600. The fraction of sp³-hybridized carbons (Fsp3) is 0.333. The van der Waals surface area contributed by atoms with Gasteiger partial charge in [-0.3, -0.25) is 4.79 Å². The standard InChI is InChI=1S/C21H19F3N2O5/c1-29-15-4-2-3-14(10-15)16-11-20(28,21(22,23)24)26(25-16)19(27)8-6-13-5-7-17-18(9-13)31-12-30-17/h2-5,7,9-10,28H,6,8,11-12H2,1H3/t20-/m0/s1. The van der Waals surface area contributed by atoms with Crippen LogP contribution in [-0.4, -0.2) is 47.5 Å². The Morgan fingerprint density at radius 2 is 2.00 bits per heavy atom. The number of fused-ring (bicyclic) bond motifs is 1. The summed E-state index contributed by atoms with van der Waals surface area (Å²) in [7, 11) is 1.42. The number of nitrogens with zero attached hydrogens (tertiary/aromatic N) is 2. The molecule has 1 N–H and O–H groups in total. The summed E-state index contributed by atoms with van der Waals surface area (Å²) in [6.45, 7) is 0.0892. The van der Waals surface area contributed by atoms with E-state index >= 15 is 0 Å². The number of methoxy groups -OCH3 is 1. The second-order valence-electron chi connectivity index (χ2n) is 7.16. The minimum atomic E-state index is -5.09. The van der Waals surface area contributed by atoms with Crippen LogP contribution in [-0.2, 0) is 11.2 Å². The van der Waals surface area contributed by atoms with Crippen molar-refractivity contribution in [2.75, 3.05) is 13.9 Å². The molecule has 2 aliphatic rings. The number of benzene rings is 2. The Bertz CT molecular complexity index is 1040. The van der Waals surface area contributed by atoms with Crippen LogP contribution in [0.4, 0.5) is 13.2 Å².